The van der Waals surface area contributed by atoms with E-state index in [1.807, 2.05) is 0 Å². The van der Waals surface area contributed by atoms with E-state index in [-0.39, 0.29) is 6.61 Å². The quantitative estimate of drug-likeness (QED) is 0.170. The molecule has 2 N–H and O–H groups in total. The first kappa shape index (κ1) is 26.1. The minimum atomic E-state index is -0.786. The summed E-state index contributed by atoms with van der Waals surface area (Å²) in [5.41, 5.74) is 0. The van der Waals surface area contributed by atoms with E-state index in [0.29, 0.717) is 6.42 Å². The highest BCUT2D eigenvalue weighted by Gasteiger charge is 2.20. The number of unbranched alkanes of at least 4 members (excludes halogenated alkanes) is 12. The molecule has 4 heteroatoms. The Bertz CT molecular complexity index is 354. The fourth-order valence-electron chi connectivity index (χ4n) is 3.24. The van der Waals surface area contributed by atoms with E-state index in [2.05, 4.69) is 19.1 Å². The van der Waals surface area contributed by atoms with Crippen molar-refractivity contribution in [2.45, 2.75) is 122 Å². The molecule has 0 radical (unpaired) electrons. The Morgan fingerprint density at radius 3 is 1.81 bits per heavy atom. The first-order valence-corrected chi connectivity index (χ1v) is 11.2. The summed E-state index contributed by atoms with van der Waals surface area (Å²) in [5, 5.41) is 19.1. The van der Waals surface area contributed by atoms with Gasteiger partial charge in [0.25, 0.3) is 0 Å². The number of hydrogen-bond acceptors (Lipinski definition) is 4. The van der Waals surface area contributed by atoms with Gasteiger partial charge in [-0.1, -0.05) is 83.3 Å². The van der Waals surface area contributed by atoms with Crippen molar-refractivity contribution in [2.75, 3.05) is 6.61 Å². The van der Waals surface area contributed by atoms with E-state index in [0.717, 1.165) is 12.8 Å². The fraction of sp³-hybridized carbons (Fsp3) is 0.870. The van der Waals surface area contributed by atoms with Gasteiger partial charge in [0, 0.05) is 6.92 Å². The molecule has 1 unspecified atom stereocenters. The highest BCUT2D eigenvalue weighted by Crippen LogP contribution is 2.13. The van der Waals surface area contributed by atoms with E-state index in [4.69, 9.17) is 9.84 Å². The van der Waals surface area contributed by atoms with Crippen molar-refractivity contribution in [2.24, 2.45) is 0 Å². The fourth-order valence-corrected chi connectivity index (χ4v) is 3.24. The zero-order valence-electron chi connectivity index (χ0n) is 17.8. The molecule has 0 saturated carbocycles. The standard InChI is InChI=1S/C23H44O4/c1-3-4-5-6-7-8-9-10-11-12-13-14-15-16-17-18-19-22(26)23(20-24)27-21(2)25/h10-11,22-24,26H,3-9,12-20H2,1-2H3/b11-10-/t22?,23-/m0/s1. The van der Waals surface area contributed by atoms with E-state index >= 15 is 0 Å². The third-order valence-electron chi connectivity index (χ3n) is 4.94. The van der Waals surface area contributed by atoms with Gasteiger partial charge in [-0.15, -0.1) is 0 Å². The number of ether oxygens (including phenoxy) is 1. The molecule has 0 aliphatic heterocycles. The summed E-state index contributed by atoms with van der Waals surface area (Å²) in [7, 11) is 0. The van der Waals surface area contributed by atoms with Crippen LogP contribution in [0.3, 0.4) is 0 Å². The largest absolute Gasteiger partial charge is 0.457 e. The van der Waals surface area contributed by atoms with E-state index in [1.54, 1.807) is 0 Å². The smallest absolute Gasteiger partial charge is 0.303 e. The predicted molar refractivity (Wildman–Crippen MR) is 113 cm³/mol. The summed E-state index contributed by atoms with van der Waals surface area (Å²) in [6.07, 6.45) is 21.2. The summed E-state index contributed by atoms with van der Waals surface area (Å²) in [4.78, 5) is 10.9. The molecule has 0 aromatic carbocycles. The zero-order chi connectivity index (χ0) is 20.2. The van der Waals surface area contributed by atoms with Gasteiger partial charge in [0.1, 0.15) is 0 Å². The van der Waals surface area contributed by atoms with Gasteiger partial charge < -0.3 is 14.9 Å². The molecule has 0 bridgehead atoms. The van der Waals surface area contributed by atoms with Gasteiger partial charge in [0.05, 0.1) is 12.7 Å². The molecule has 2 atom stereocenters. The van der Waals surface area contributed by atoms with Gasteiger partial charge in [0.15, 0.2) is 6.10 Å². The molecular formula is C23H44O4. The van der Waals surface area contributed by atoms with Crippen molar-refractivity contribution in [1.82, 2.24) is 0 Å². The van der Waals surface area contributed by atoms with Crippen LogP contribution in [0.2, 0.25) is 0 Å². The number of carbonyl (C=O) groups is 1. The van der Waals surface area contributed by atoms with Gasteiger partial charge in [-0.2, -0.15) is 0 Å². The van der Waals surface area contributed by atoms with Crippen LogP contribution in [0.1, 0.15) is 110 Å². The summed E-state index contributed by atoms with van der Waals surface area (Å²) in [6, 6.07) is 0. The normalized spacial score (nSPS) is 13.8. The SMILES string of the molecule is CCCCCCCC/C=C\CCCCCCCCC(O)[C@H](CO)OC(C)=O. The van der Waals surface area contributed by atoms with E-state index in [9.17, 15) is 9.90 Å². The molecule has 0 aliphatic carbocycles. The molecule has 0 aliphatic rings. The third-order valence-corrected chi connectivity index (χ3v) is 4.94. The number of carbonyl (C=O) groups excluding carboxylic acids is 1. The number of esters is 1. The lowest BCUT2D eigenvalue weighted by atomic mass is 10.0. The van der Waals surface area contributed by atoms with Crippen LogP contribution in [0.5, 0.6) is 0 Å². The molecule has 0 aromatic heterocycles. The molecule has 0 aromatic rings. The van der Waals surface area contributed by atoms with Crippen LogP contribution in [0, 0.1) is 0 Å². The maximum Gasteiger partial charge on any atom is 0.303 e. The van der Waals surface area contributed by atoms with Crippen molar-refractivity contribution in [3.63, 3.8) is 0 Å². The van der Waals surface area contributed by atoms with Crippen LogP contribution < -0.4 is 0 Å². The van der Waals surface area contributed by atoms with E-state index < -0.39 is 18.2 Å². The molecule has 4 nitrogen and oxygen atoms in total. The first-order chi connectivity index (χ1) is 13.1. The Balaban J connectivity index is 3.37. The molecule has 0 fully saturated rings. The minimum Gasteiger partial charge on any atom is -0.457 e. The Morgan fingerprint density at radius 2 is 1.33 bits per heavy atom. The molecule has 0 spiro atoms. The van der Waals surface area contributed by atoms with Crippen LogP contribution in [0.4, 0.5) is 0 Å². The van der Waals surface area contributed by atoms with Gasteiger partial charge in [0.2, 0.25) is 0 Å². The number of rotatable bonds is 19. The lowest BCUT2D eigenvalue weighted by Crippen LogP contribution is -2.33. The Kier molecular flexibility index (Phi) is 19.2. The molecule has 0 rings (SSSR count). The maximum atomic E-state index is 10.9. The Hall–Kier alpha value is -0.870. The van der Waals surface area contributed by atoms with Crippen LogP contribution in [0.25, 0.3) is 0 Å². The lowest BCUT2D eigenvalue weighted by molar-refractivity contribution is -0.155. The Morgan fingerprint density at radius 1 is 0.852 bits per heavy atom. The summed E-state index contributed by atoms with van der Waals surface area (Å²) < 4.78 is 4.90. The molecular weight excluding hydrogens is 340 g/mol. The molecule has 0 amide bonds. The van der Waals surface area contributed by atoms with Gasteiger partial charge in [-0.05, 0) is 32.1 Å². The van der Waals surface area contributed by atoms with Crippen molar-refractivity contribution < 1.29 is 19.7 Å². The highest BCUT2D eigenvalue weighted by molar-refractivity contribution is 5.66. The maximum absolute atomic E-state index is 10.9. The highest BCUT2D eigenvalue weighted by atomic mass is 16.6. The van der Waals surface area contributed by atoms with Crippen LogP contribution >= 0.6 is 0 Å². The first-order valence-electron chi connectivity index (χ1n) is 11.2. The van der Waals surface area contributed by atoms with Crippen LogP contribution in [-0.4, -0.2) is 35.0 Å². The number of hydrogen-bond donors (Lipinski definition) is 2. The van der Waals surface area contributed by atoms with Gasteiger partial charge in [-0.25, -0.2) is 0 Å². The number of aliphatic hydroxyl groups is 2. The molecule has 0 saturated heterocycles. The summed E-state index contributed by atoms with van der Waals surface area (Å²) in [6.45, 7) is 3.22. The van der Waals surface area contributed by atoms with Crippen molar-refractivity contribution in [3.05, 3.63) is 12.2 Å². The monoisotopic (exact) mass is 384 g/mol. The Labute approximate surface area is 167 Å². The summed E-state index contributed by atoms with van der Waals surface area (Å²) >= 11 is 0. The van der Waals surface area contributed by atoms with Crippen molar-refractivity contribution >= 4 is 5.97 Å². The average Bonchev–Trinajstić information content (AvgIpc) is 2.65. The third kappa shape index (κ3) is 18.3. The molecule has 160 valence electrons. The second-order valence-electron chi connectivity index (χ2n) is 7.62. The van der Waals surface area contributed by atoms with Crippen molar-refractivity contribution in [3.8, 4) is 0 Å². The number of allylic oxidation sites excluding steroid dienone is 2. The van der Waals surface area contributed by atoms with Gasteiger partial charge in [-0.3, -0.25) is 4.79 Å². The second kappa shape index (κ2) is 19.9. The average molecular weight is 385 g/mol. The van der Waals surface area contributed by atoms with Crippen LogP contribution in [0.15, 0.2) is 12.2 Å². The topological polar surface area (TPSA) is 66.8 Å². The van der Waals surface area contributed by atoms with Gasteiger partial charge >= 0.3 is 5.97 Å². The minimum absolute atomic E-state index is 0.326. The summed E-state index contributed by atoms with van der Waals surface area (Å²) in [5.74, 6) is -0.464. The second-order valence-corrected chi connectivity index (χ2v) is 7.62. The molecule has 0 heterocycles. The van der Waals surface area contributed by atoms with Crippen LogP contribution in [-0.2, 0) is 9.53 Å². The predicted octanol–water partition coefficient (Wildman–Crippen LogP) is 5.70. The zero-order valence-corrected chi connectivity index (χ0v) is 17.8. The molecule has 27 heavy (non-hydrogen) atoms. The van der Waals surface area contributed by atoms with Crippen molar-refractivity contribution in [1.29, 1.82) is 0 Å². The lowest BCUT2D eigenvalue weighted by Gasteiger charge is -2.20. The number of aliphatic hydroxyl groups excluding tert-OH is 2. The van der Waals surface area contributed by atoms with E-state index in [1.165, 1.54) is 84.0 Å².